The van der Waals surface area contributed by atoms with Gasteiger partial charge in [-0.25, -0.2) is 0 Å². The number of nitrogens with one attached hydrogen (secondary N) is 1. The molecule has 2 rings (SSSR count). The molecule has 0 aromatic heterocycles. The number of hydrogen-bond acceptors (Lipinski definition) is 4. The van der Waals surface area contributed by atoms with Crippen LogP contribution in [-0.4, -0.2) is 26.2 Å². The van der Waals surface area contributed by atoms with E-state index in [-0.39, 0.29) is 11.9 Å². The molecule has 2 aromatic rings. The van der Waals surface area contributed by atoms with Crippen LogP contribution in [0.15, 0.2) is 42.5 Å². The van der Waals surface area contributed by atoms with Gasteiger partial charge in [0, 0.05) is 5.56 Å². The van der Waals surface area contributed by atoms with Crippen molar-refractivity contribution in [3.63, 3.8) is 0 Å². The maximum Gasteiger partial charge on any atom is 0.261 e. The predicted molar refractivity (Wildman–Crippen MR) is 102 cm³/mol. The van der Waals surface area contributed by atoms with Gasteiger partial charge in [-0.15, -0.1) is 0 Å². The molecule has 2 atom stereocenters. The Morgan fingerprint density at radius 3 is 2.46 bits per heavy atom. The molecular formula is C20H24ClNO4. The first kappa shape index (κ1) is 19.9. The zero-order valence-electron chi connectivity index (χ0n) is 15.4. The van der Waals surface area contributed by atoms with Gasteiger partial charge in [0.15, 0.2) is 6.10 Å². The molecule has 0 unspecified atom stereocenters. The summed E-state index contributed by atoms with van der Waals surface area (Å²) < 4.78 is 16.4. The topological polar surface area (TPSA) is 56.8 Å². The fraction of sp³-hybridized carbons (Fsp3) is 0.350. The fourth-order valence-corrected chi connectivity index (χ4v) is 2.76. The molecule has 6 heteroatoms. The zero-order chi connectivity index (χ0) is 19.1. The molecule has 1 amide bonds. The van der Waals surface area contributed by atoms with Crippen molar-refractivity contribution in [2.24, 2.45) is 0 Å². The van der Waals surface area contributed by atoms with Gasteiger partial charge in [-0.1, -0.05) is 30.7 Å². The molecule has 0 spiro atoms. The van der Waals surface area contributed by atoms with Crippen LogP contribution in [0.2, 0.25) is 5.02 Å². The van der Waals surface area contributed by atoms with Crippen LogP contribution in [0.3, 0.4) is 0 Å². The highest BCUT2D eigenvalue weighted by Gasteiger charge is 2.23. The Morgan fingerprint density at radius 2 is 1.85 bits per heavy atom. The summed E-state index contributed by atoms with van der Waals surface area (Å²) in [7, 11) is 3.19. The first-order valence-corrected chi connectivity index (χ1v) is 8.81. The lowest BCUT2D eigenvalue weighted by Gasteiger charge is -2.22. The van der Waals surface area contributed by atoms with Crippen LogP contribution in [0.5, 0.6) is 17.2 Å². The molecular weight excluding hydrogens is 354 g/mol. The molecule has 1 N–H and O–H groups in total. The summed E-state index contributed by atoms with van der Waals surface area (Å²) in [6, 6.07) is 12.3. The van der Waals surface area contributed by atoms with Crippen LogP contribution in [0.1, 0.15) is 31.9 Å². The molecule has 0 fully saturated rings. The van der Waals surface area contributed by atoms with Crippen LogP contribution in [0.25, 0.3) is 0 Å². The van der Waals surface area contributed by atoms with E-state index in [1.807, 2.05) is 44.2 Å². The molecule has 140 valence electrons. The van der Waals surface area contributed by atoms with Gasteiger partial charge in [-0.3, -0.25) is 4.79 Å². The van der Waals surface area contributed by atoms with E-state index >= 15 is 0 Å². The smallest absolute Gasteiger partial charge is 0.261 e. The maximum absolute atomic E-state index is 12.7. The molecule has 0 aliphatic heterocycles. The third kappa shape index (κ3) is 4.82. The fourth-order valence-electron chi connectivity index (χ4n) is 2.58. The van der Waals surface area contributed by atoms with Crippen LogP contribution >= 0.6 is 11.6 Å². The monoisotopic (exact) mass is 377 g/mol. The molecule has 0 saturated heterocycles. The molecule has 26 heavy (non-hydrogen) atoms. The van der Waals surface area contributed by atoms with Gasteiger partial charge in [0.05, 0.1) is 25.3 Å². The summed E-state index contributed by atoms with van der Waals surface area (Å²) in [5.74, 6) is 1.65. The number of carbonyl (C=O) groups excluding carboxylic acids is 1. The van der Waals surface area contributed by atoms with Gasteiger partial charge < -0.3 is 19.5 Å². The summed E-state index contributed by atoms with van der Waals surface area (Å²) in [6.07, 6.45) is -0.132. The maximum atomic E-state index is 12.7. The highest BCUT2D eigenvalue weighted by atomic mass is 35.5. The minimum atomic E-state index is -0.644. The second kappa shape index (κ2) is 9.34. The molecule has 0 aliphatic carbocycles. The zero-order valence-corrected chi connectivity index (χ0v) is 16.2. The van der Waals surface area contributed by atoms with Crippen LogP contribution < -0.4 is 19.5 Å². The van der Waals surface area contributed by atoms with Gasteiger partial charge in [-0.05, 0) is 43.7 Å². The molecule has 0 heterocycles. The van der Waals surface area contributed by atoms with Gasteiger partial charge in [-0.2, -0.15) is 0 Å². The number of hydrogen-bond donors (Lipinski definition) is 1. The normalized spacial score (nSPS) is 12.8. The van der Waals surface area contributed by atoms with Crippen molar-refractivity contribution >= 4 is 17.5 Å². The lowest BCUT2D eigenvalue weighted by atomic mass is 10.1. The van der Waals surface area contributed by atoms with Crippen molar-refractivity contribution in [3.05, 3.63) is 53.1 Å². The standard InChI is InChI=1S/C20H24ClNO4/c1-5-17(26-19-9-7-6-8-16(19)21)20(23)22-13(2)15-12-14(24-3)10-11-18(15)25-4/h6-13,17H,5H2,1-4H3,(H,22,23)/t13-,17-/m1/s1. The molecule has 2 aromatic carbocycles. The predicted octanol–water partition coefficient (Wildman–Crippen LogP) is 4.39. The minimum absolute atomic E-state index is 0.218. The summed E-state index contributed by atoms with van der Waals surface area (Å²) in [5, 5.41) is 3.44. The third-order valence-corrected chi connectivity index (χ3v) is 4.34. The van der Waals surface area contributed by atoms with Crippen molar-refractivity contribution in [1.29, 1.82) is 0 Å². The molecule has 0 aliphatic rings. The third-order valence-electron chi connectivity index (χ3n) is 4.03. The number of rotatable bonds is 8. The van der Waals surface area contributed by atoms with E-state index in [0.717, 1.165) is 5.56 Å². The second-order valence-electron chi connectivity index (χ2n) is 5.78. The van der Waals surface area contributed by atoms with Gasteiger partial charge in [0.25, 0.3) is 5.91 Å². The molecule has 0 bridgehead atoms. The minimum Gasteiger partial charge on any atom is -0.497 e. The van der Waals surface area contributed by atoms with E-state index in [1.54, 1.807) is 26.4 Å². The average Bonchev–Trinajstić information content (AvgIpc) is 2.66. The van der Waals surface area contributed by atoms with Gasteiger partial charge in [0.2, 0.25) is 0 Å². The Morgan fingerprint density at radius 1 is 1.12 bits per heavy atom. The van der Waals surface area contributed by atoms with Crippen LogP contribution in [0, 0.1) is 0 Å². The first-order valence-electron chi connectivity index (χ1n) is 8.43. The number of benzene rings is 2. The number of para-hydroxylation sites is 1. The van der Waals surface area contributed by atoms with Crippen molar-refractivity contribution in [3.8, 4) is 17.2 Å². The number of amides is 1. The Kier molecular flexibility index (Phi) is 7.16. The Bertz CT molecular complexity index is 750. The molecule has 0 radical (unpaired) electrons. The lowest BCUT2D eigenvalue weighted by Crippen LogP contribution is -2.39. The number of methoxy groups -OCH3 is 2. The number of ether oxygens (including phenoxy) is 3. The number of halogens is 1. The van der Waals surface area contributed by atoms with Gasteiger partial charge in [0.1, 0.15) is 17.2 Å². The quantitative estimate of drug-likeness (QED) is 0.741. The lowest BCUT2D eigenvalue weighted by molar-refractivity contribution is -0.128. The van der Waals surface area contributed by atoms with Crippen LogP contribution in [-0.2, 0) is 4.79 Å². The Labute approximate surface area is 159 Å². The Hall–Kier alpha value is -2.40. The average molecular weight is 378 g/mol. The van der Waals surface area contributed by atoms with Crippen molar-refractivity contribution in [1.82, 2.24) is 5.32 Å². The van der Waals surface area contributed by atoms with E-state index in [2.05, 4.69) is 5.32 Å². The SMILES string of the molecule is CC[C@@H](Oc1ccccc1Cl)C(=O)N[C@H](C)c1cc(OC)ccc1OC. The van der Waals surface area contributed by atoms with Crippen molar-refractivity contribution in [2.75, 3.05) is 14.2 Å². The Balaban J connectivity index is 2.13. The first-order chi connectivity index (χ1) is 12.5. The molecule has 0 saturated carbocycles. The highest BCUT2D eigenvalue weighted by molar-refractivity contribution is 6.32. The summed E-state index contributed by atoms with van der Waals surface area (Å²) in [5.41, 5.74) is 0.827. The number of carbonyl (C=O) groups is 1. The summed E-state index contributed by atoms with van der Waals surface area (Å²) in [4.78, 5) is 12.7. The van der Waals surface area contributed by atoms with Crippen molar-refractivity contribution in [2.45, 2.75) is 32.4 Å². The van der Waals surface area contributed by atoms with Crippen molar-refractivity contribution < 1.29 is 19.0 Å². The van der Waals surface area contributed by atoms with E-state index in [9.17, 15) is 4.79 Å². The highest BCUT2D eigenvalue weighted by Crippen LogP contribution is 2.30. The van der Waals surface area contributed by atoms with E-state index in [0.29, 0.717) is 28.7 Å². The second-order valence-corrected chi connectivity index (χ2v) is 6.19. The summed E-state index contributed by atoms with van der Waals surface area (Å²) in [6.45, 7) is 3.77. The van der Waals surface area contributed by atoms with E-state index < -0.39 is 6.10 Å². The van der Waals surface area contributed by atoms with E-state index in [1.165, 1.54) is 0 Å². The van der Waals surface area contributed by atoms with Crippen LogP contribution in [0.4, 0.5) is 0 Å². The largest absolute Gasteiger partial charge is 0.497 e. The van der Waals surface area contributed by atoms with Gasteiger partial charge >= 0.3 is 0 Å². The van der Waals surface area contributed by atoms with E-state index in [4.69, 9.17) is 25.8 Å². The molecule has 5 nitrogen and oxygen atoms in total. The summed E-state index contributed by atoms with van der Waals surface area (Å²) >= 11 is 6.12.